The molecule has 0 saturated heterocycles. The fraction of sp³-hybridized carbons (Fsp3) is 0. The minimum Gasteiger partial charge on any atom is -0.457 e. The maximum absolute atomic E-state index is 5.77. The minimum absolute atomic E-state index is 0.699. The van der Waals surface area contributed by atoms with Gasteiger partial charge in [-0.1, -0.05) is 27.5 Å². The van der Waals surface area contributed by atoms with Crippen LogP contribution in [-0.2, 0) is 0 Å². The molecule has 0 aliphatic rings. The molecule has 2 rings (SSSR count). The van der Waals surface area contributed by atoms with Crippen molar-refractivity contribution in [2.24, 2.45) is 0 Å². The normalized spacial score (nSPS) is 10.0. The van der Waals surface area contributed by atoms with E-state index in [-0.39, 0.29) is 0 Å². The first kappa shape index (κ1) is 10.5. The van der Waals surface area contributed by atoms with E-state index in [2.05, 4.69) is 22.0 Å². The first-order chi connectivity index (χ1) is 7.24. The molecule has 0 aliphatic carbocycles. The predicted molar refractivity (Wildman–Crippen MR) is 64.5 cm³/mol. The van der Waals surface area contributed by atoms with E-state index in [1.165, 1.54) is 0 Å². The van der Waals surface area contributed by atoms with Crippen LogP contribution in [0, 0.1) is 6.07 Å². The number of ether oxygens (including phenoxy) is 1. The van der Waals surface area contributed by atoms with Gasteiger partial charge in [-0.25, -0.2) is 0 Å². The third kappa shape index (κ3) is 2.98. The van der Waals surface area contributed by atoms with E-state index in [1.807, 2.05) is 24.3 Å². The van der Waals surface area contributed by atoms with Crippen LogP contribution in [0.3, 0.4) is 0 Å². The Morgan fingerprint density at radius 2 is 1.80 bits per heavy atom. The summed E-state index contributed by atoms with van der Waals surface area (Å²) in [6.07, 6.45) is 0. The van der Waals surface area contributed by atoms with Gasteiger partial charge in [0.25, 0.3) is 0 Å². The fourth-order valence-corrected chi connectivity index (χ4v) is 1.60. The van der Waals surface area contributed by atoms with Crippen molar-refractivity contribution in [2.75, 3.05) is 0 Å². The zero-order chi connectivity index (χ0) is 10.7. The Balaban J connectivity index is 2.18. The van der Waals surface area contributed by atoms with Gasteiger partial charge in [-0.2, -0.15) is 0 Å². The number of halogens is 2. The van der Waals surface area contributed by atoms with Crippen molar-refractivity contribution in [3.05, 3.63) is 58.0 Å². The fourth-order valence-electron chi connectivity index (χ4n) is 1.12. The van der Waals surface area contributed by atoms with E-state index in [9.17, 15) is 0 Å². The minimum atomic E-state index is 0.699. The zero-order valence-electron chi connectivity index (χ0n) is 7.71. The summed E-state index contributed by atoms with van der Waals surface area (Å²) < 4.78 is 6.47. The Kier molecular flexibility index (Phi) is 3.29. The molecule has 1 nitrogen and oxygen atoms in total. The molecule has 0 aliphatic heterocycles. The second kappa shape index (κ2) is 4.69. The van der Waals surface area contributed by atoms with E-state index in [0.717, 1.165) is 16.0 Å². The van der Waals surface area contributed by atoms with Crippen molar-refractivity contribution >= 4 is 27.5 Å². The Labute approximate surface area is 102 Å². The zero-order valence-corrected chi connectivity index (χ0v) is 10.0. The second-order valence-electron chi connectivity index (χ2n) is 2.93. The molecule has 0 bridgehead atoms. The van der Waals surface area contributed by atoms with E-state index in [1.54, 1.807) is 18.2 Å². The van der Waals surface area contributed by atoms with Gasteiger partial charge in [0, 0.05) is 9.50 Å². The standard InChI is InChI=1S/C12H7BrClO/c13-9-2-1-3-12(8-9)15-11-6-4-10(14)5-7-11/h1,3-8H. The lowest BCUT2D eigenvalue weighted by atomic mass is 10.3. The average Bonchev–Trinajstić information content (AvgIpc) is 2.22. The molecule has 0 unspecified atom stereocenters. The number of benzene rings is 2. The molecule has 0 amide bonds. The van der Waals surface area contributed by atoms with Gasteiger partial charge in [-0.05, 0) is 48.5 Å². The third-order valence-electron chi connectivity index (χ3n) is 1.79. The summed E-state index contributed by atoms with van der Waals surface area (Å²) in [6, 6.07) is 15.7. The molecule has 2 aromatic carbocycles. The molecule has 0 heterocycles. The van der Waals surface area contributed by atoms with E-state index < -0.39 is 0 Å². The molecule has 3 heteroatoms. The topological polar surface area (TPSA) is 9.23 Å². The van der Waals surface area contributed by atoms with Gasteiger partial charge in [0.15, 0.2) is 0 Å². The Morgan fingerprint density at radius 3 is 2.47 bits per heavy atom. The molecule has 2 aromatic rings. The maximum Gasteiger partial charge on any atom is 0.128 e. The highest BCUT2D eigenvalue weighted by Crippen LogP contribution is 2.24. The quantitative estimate of drug-likeness (QED) is 0.776. The van der Waals surface area contributed by atoms with Gasteiger partial charge in [0.05, 0.1) is 0 Å². The lowest BCUT2D eigenvalue weighted by molar-refractivity contribution is 0.482. The van der Waals surface area contributed by atoms with Crippen molar-refractivity contribution in [3.8, 4) is 11.5 Å². The second-order valence-corrected chi connectivity index (χ2v) is 4.22. The molecule has 0 aromatic heterocycles. The number of rotatable bonds is 2. The molecule has 0 fully saturated rings. The Bertz CT molecular complexity index is 453. The lowest BCUT2D eigenvalue weighted by Crippen LogP contribution is -1.83. The van der Waals surface area contributed by atoms with Crippen molar-refractivity contribution in [2.45, 2.75) is 0 Å². The van der Waals surface area contributed by atoms with E-state index >= 15 is 0 Å². The Morgan fingerprint density at radius 1 is 1.07 bits per heavy atom. The summed E-state index contributed by atoms with van der Waals surface area (Å²) in [5.41, 5.74) is 0. The molecule has 0 atom stereocenters. The van der Waals surface area contributed by atoms with Crippen LogP contribution >= 0.6 is 27.5 Å². The van der Waals surface area contributed by atoms with Gasteiger partial charge in [-0.15, -0.1) is 0 Å². The summed E-state index contributed by atoms with van der Waals surface area (Å²) in [5.74, 6) is 1.53. The third-order valence-corrected chi connectivity index (χ3v) is 2.50. The van der Waals surface area contributed by atoms with Gasteiger partial charge < -0.3 is 4.74 Å². The predicted octanol–water partition coefficient (Wildman–Crippen LogP) is 4.69. The van der Waals surface area contributed by atoms with Crippen molar-refractivity contribution < 1.29 is 4.74 Å². The number of hydrogen-bond acceptors (Lipinski definition) is 1. The molecule has 0 saturated carbocycles. The smallest absolute Gasteiger partial charge is 0.128 e. The lowest BCUT2D eigenvalue weighted by Gasteiger charge is -2.05. The summed E-state index contributed by atoms with van der Waals surface area (Å²) in [7, 11) is 0. The molecule has 0 N–H and O–H groups in total. The molecular weight excluding hydrogens is 275 g/mol. The van der Waals surface area contributed by atoms with Crippen LogP contribution in [0.5, 0.6) is 11.5 Å². The maximum atomic E-state index is 5.77. The SMILES string of the molecule is Clc1ccc(Oc2cc[c]c(Br)c2)cc1. The molecule has 0 spiro atoms. The van der Waals surface area contributed by atoms with Crippen molar-refractivity contribution in [3.63, 3.8) is 0 Å². The largest absolute Gasteiger partial charge is 0.457 e. The van der Waals surface area contributed by atoms with Crippen molar-refractivity contribution in [1.29, 1.82) is 0 Å². The summed E-state index contributed by atoms with van der Waals surface area (Å²) >= 11 is 9.10. The van der Waals surface area contributed by atoms with Crippen LogP contribution in [-0.4, -0.2) is 0 Å². The van der Waals surface area contributed by atoms with E-state index in [4.69, 9.17) is 16.3 Å². The highest BCUT2D eigenvalue weighted by molar-refractivity contribution is 9.10. The Hall–Kier alpha value is -0.990. The van der Waals surface area contributed by atoms with Crippen LogP contribution in [0.25, 0.3) is 0 Å². The molecule has 75 valence electrons. The van der Waals surface area contributed by atoms with Gasteiger partial charge in [-0.3, -0.25) is 0 Å². The highest BCUT2D eigenvalue weighted by Gasteiger charge is 1.97. The highest BCUT2D eigenvalue weighted by atomic mass is 79.9. The van der Waals surface area contributed by atoms with Crippen LogP contribution in [0.15, 0.2) is 46.9 Å². The van der Waals surface area contributed by atoms with Crippen LogP contribution in [0.2, 0.25) is 5.02 Å². The van der Waals surface area contributed by atoms with Crippen LogP contribution in [0.1, 0.15) is 0 Å². The van der Waals surface area contributed by atoms with Gasteiger partial charge >= 0.3 is 0 Å². The van der Waals surface area contributed by atoms with Crippen LogP contribution < -0.4 is 4.74 Å². The molecule has 15 heavy (non-hydrogen) atoms. The molecule has 1 radical (unpaired) electrons. The van der Waals surface area contributed by atoms with Crippen LogP contribution in [0.4, 0.5) is 0 Å². The number of hydrogen-bond donors (Lipinski definition) is 0. The monoisotopic (exact) mass is 281 g/mol. The average molecular weight is 283 g/mol. The summed E-state index contributed by atoms with van der Waals surface area (Å²) in [5, 5.41) is 0.699. The summed E-state index contributed by atoms with van der Waals surface area (Å²) in [6.45, 7) is 0. The van der Waals surface area contributed by atoms with Crippen molar-refractivity contribution in [1.82, 2.24) is 0 Å². The molecular formula is C12H7BrClO. The van der Waals surface area contributed by atoms with Gasteiger partial charge in [0.1, 0.15) is 11.5 Å². The van der Waals surface area contributed by atoms with Gasteiger partial charge in [0.2, 0.25) is 0 Å². The van der Waals surface area contributed by atoms with E-state index in [0.29, 0.717) is 5.02 Å². The summed E-state index contributed by atoms with van der Waals surface area (Å²) in [4.78, 5) is 0. The first-order valence-electron chi connectivity index (χ1n) is 4.35. The first-order valence-corrected chi connectivity index (χ1v) is 5.52.